The molecule has 0 fully saturated rings. The fourth-order valence-corrected chi connectivity index (χ4v) is 2.55. The Bertz CT molecular complexity index is 463. The summed E-state index contributed by atoms with van der Waals surface area (Å²) >= 11 is 3.50. The monoisotopic (exact) mass is 342 g/mol. The normalized spacial score (nSPS) is 12.1. The van der Waals surface area contributed by atoms with Crippen molar-refractivity contribution in [3.63, 3.8) is 0 Å². The number of rotatable bonds is 7. The number of ether oxygens (including phenoxy) is 1. The molecule has 1 aromatic carbocycles. The molecule has 20 heavy (non-hydrogen) atoms. The maximum atomic E-state index is 11.6. The zero-order valence-corrected chi connectivity index (χ0v) is 14.1. The summed E-state index contributed by atoms with van der Waals surface area (Å²) < 4.78 is 6.86. The summed E-state index contributed by atoms with van der Waals surface area (Å²) in [6, 6.07) is 4.02. The highest BCUT2D eigenvalue weighted by molar-refractivity contribution is 9.10. The van der Waals surface area contributed by atoms with Crippen molar-refractivity contribution in [1.82, 2.24) is 10.6 Å². The molecule has 0 saturated heterocycles. The highest BCUT2D eigenvalue weighted by atomic mass is 79.9. The maximum Gasteiger partial charge on any atom is 0.260 e. The highest BCUT2D eigenvalue weighted by Crippen LogP contribution is 2.29. The molecule has 112 valence electrons. The lowest BCUT2D eigenvalue weighted by Gasteiger charge is -2.19. The Morgan fingerprint density at radius 2 is 2.15 bits per heavy atom. The van der Waals surface area contributed by atoms with Gasteiger partial charge in [0.25, 0.3) is 5.91 Å². The number of carbonyl (C=O) groups excluding carboxylic acids is 1. The fraction of sp³-hybridized carbons (Fsp3) is 0.533. The molecule has 0 aromatic heterocycles. The van der Waals surface area contributed by atoms with Crippen LogP contribution in [0.5, 0.6) is 5.75 Å². The number of amides is 1. The quantitative estimate of drug-likeness (QED) is 0.749. The first-order valence-electron chi connectivity index (χ1n) is 6.87. The molecule has 0 heterocycles. The van der Waals surface area contributed by atoms with E-state index in [1.54, 1.807) is 14.0 Å². The number of hydrogen-bond acceptors (Lipinski definition) is 3. The van der Waals surface area contributed by atoms with E-state index in [2.05, 4.69) is 33.5 Å². The molecule has 4 nitrogen and oxygen atoms in total. The van der Waals surface area contributed by atoms with Gasteiger partial charge >= 0.3 is 0 Å². The molecular weight excluding hydrogens is 320 g/mol. The number of aryl methyl sites for hydroxylation is 1. The third kappa shape index (κ3) is 4.80. The smallest absolute Gasteiger partial charge is 0.260 e. The molecule has 1 amide bonds. The summed E-state index contributed by atoms with van der Waals surface area (Å²) in [6.07, 6.45) is 0.572. The van der Waals surface area contributed by atoms with Gasteiger partial charge in [-0.2, -0.15) is 0 Å². The van der Waals surface area contributed by atoms with E-state index in [9.17, 15) is 4.79 Å². The van der Waals surface area contributed by atoms with Gasteiger partial charge in [-0.1, -0.05) is 22.9 Å². The molecular formula is C15H23BrN2O2. The number of benzene rings is 1. The molecule has 0 aliphatic rings. The third-order valence-corrected chi connectivity index (χ3v) is 3.43. The van der Waals surface area contributed by atoms with Crippen molar-refractivity contribution in [1.29, 1.82) is 0 Å². The van der Waals surface area contributed by atoms with E-state index in [0.717, 1.165) is 40.9 Å². The van der Waals surface area contributed by atoms with Crippen LogP contribution in [0.3, 0.4) is 0 Å². The Hall–Kier alpha value is -1.07. The van der Waals surface area contributed by atoms with Crippen molar-refractivity contribution in [2.45, 2.75) is 39.8 Å². The predicted molar refractivity (Wildman–Crippen MR) is 85.0 cm³/mol. The molecule has 1 atom stereocenters. The van der Waals surface area contributed by atoms with Crippen LogP contribution in [-0.2, 0) is 11.3 Å². The van der Waals surface area contributed by atoms with Crippen LogP contribution < -0.4 is 15.4 Å². The second-order valence-corrected chi connectivity index (χ2v) is 5.68. The number of halogens is 1. The van der Waals surface area contributed by atoms with Crippen molar-refractivity contribution < 1.29 is 9.53 Å². The standard InChI is InChI=1S/C15H23BrN2O2/c1-5-6-18-9-12-8-13(16)7-10(2)14(12)20-11(3)15(19)17-4/h7-8,11,18H,5-6,9H2,1-4H3,(H,17,19). The van der Waals surface area contributed by atoms with Gasteiger partial charge in [-0.25, -0.2) is 0 Å². The van der Waals surface area contributed by atoms with Crippen LogP contribution in [0, 0.1) is 6.92 Å². The predicted octanol–water partition coefficient (Wildman–Crippen LogP) is 2.77. The average Bonchev–Trinajstić information content (AvgIpc) is 2.41. The van der Waals surface area contributed by atoms with Crippen LogP contribution in [0.1, 0.15) is 31.4 Å². The van der Waals surface area contributed by atoms with E-state index >= 15 is 0 Å². The Kier molecular flexibility index (Phi) is 7.02. The Morgan fingerprint density at radius 1 is 1.45 bits per heavy atom. The summed E-state index contributed by atoms with van der Waals surface area (Å²) in [5, 5.41) is 5.96. The first kappa shape index (κ1) is 17.0. The second-order valence-electron chi connectivity index (χ2n) is 4.76. The van der Waals surface area contributed by atoms with Crippen LogP contribution >= 0.6 is 15.9 Å². The number of nitrogens with one attached hydrogen (secondary N) is 2. The molecule has 0 aliphatic carbocycles. The number of hydrogen-bond donors (Lipinski definition) is 2. The van der Waals surface area contributed by atoms with E-state index in [0.29, 0.717) is 0 Å². The Labute approximate surface area is 129 Å². The number of carbonyl (C=O) groups is 1. The van der Waals surface area contributed by atoms with Gasteiger partial charge in [-0.05, 0) is 44.5 Å². The van der Waals surface area contributed by atoms with Gasteiger partial charge in [-0.3, -0.25) is 4.79 Å². The summed E-state index contributed by atoms with van der Waals surface area (Å²) in [7, 11) is 1.61. The van der Waals surface area contributed by atoms with Crippen LogP contribution in [0.25, 0.3) is 0 Å². The largest absolute Gasteiger partial charge is 0.480 e. The van der Waals surface area contributed by atoms with E-state index in [1.165, 1.54) is 0 Å². The van der Waals surface area contributed by atoms with Crippen molar-refractivity contribution in [3.05, 3.63) is 27.7 Å². The second kappa shape index (κ2) is 8.27. The molecule has 1 rings (SSSR count). The number of likely N-dealkylation sites (N-methyl/N-ethyl adjacent to an activating group) is 1. The van der Waals surface area contributed by atoms with E-state index in [1.807, 2.05) is 19.1 Å². The van der Waals surface area contributed by atoms with Gasteiger partial charge in [0, 0.05) is 23.6 Å². The first-order valence-corrected chi connectivity index (χ1v) is 7.66. The fourth-order valence-electron chi connectivity index (χ4n) is 1.93. The third-order valence-electron chi connectivity index (χ3n) is 2.97. The summed E-state index contributed by atoms with van der Waals surface area (Å²) in [5.74, 6) is 0.660. The van der Waals surface area contributed by atoms with Gasteiger partial charge in [-0.15, -0.1) is 0 Å². The SMILES string of the molecule is CCCNCc1cc(Br)cc(C)c1OC(C)C(=O)NC. The minimum Gasteiger partial charge on any atom is -0.480 e. The summed E-state index contributed by atoms with van der Waals surface area (Å²) in [5.41, 5.74) is 2.07. The van der Waals surface area contributed by atoms with Gasteiger partial charge in [0.1, 0.15) is 5.75 Å². The van der Waals surface area contributed by atoms with Crippen molar-refractivity contribution in [2.75, 3.05) is 13.6 Å². The van der Waals surface area contributed by atoms with Gasteiger partial charge in [0.15, 0.2) is 6.10 Å². The van der Waals surface area contributed by atoms with Crippen molar-refractivity contribution in [2.24, 2.45) is 0 Å². The molecule has 0 saturated carbocycles. The lowest BCUT2D eigenvalue weighted by Crippen LogP contribution is -2.34. The molecule has 0 bridgehead atoms. The highest BCUT2D eigenvalue weighted by Gasteiger charge is 2.17. The zero-order valence-electron chi connectivity index (χ0n) is 12.5. The molecule has 0 radical (unpaired) electrons. The van der Waals surface area contributed by atoms with Crippen LogP contribution in [0.2, 0.25) is 0 Å². The molecule has 5 heteroatoms. The minimum absolute atomic E-state index is 0.125. The van der Waals surface area contributed by atoms with Gasteiger partial charge < -0.3 is 15.4 Å². The maximum absolute atomic E-state index is 11.6. The van der Waals surface area contributed by atoms with Crippen molar-refractivity contribution >= 4 is 21.8 Å². The average molecular weight is 343 g/mol. The Balaban J connectivity index is 2.94. The zero-order chi connectivity index (χ0) is 15.1. The Morgan fingerprint density at radius 3 is 2.75 bits per heavy atom. The minimum atomic E-state index is -0.509. The molecule has 2 N–H and O–H groups in total. The van der Waals surface area contributed by atoms with Crippen LogP contribution in [0.15, 0.2) is 16.6 Å². The molecule has 0 spiro atoms. The van der Waals surface area contributed by atoms with Gasteiger partial charge in [0.05, 0.1) is 0 Å². The summed E-state index contributed by atoms with van der Waals surface area (Å²) in [6.45, 7) is 7.55. The molecule has 1 unspecified atom stereocenters. The molecule has 1 aromatic rings. The lowest BCUT2D eigenvalue weighted by molar-refractivity contribution is -0.126. The van der Waals surface area contributed by atoms with Crippen LogP contribution in [-0.4, -0.2) is 25.6 Å². The summed E-state index contributed by atoms with van der Waals surface area (Å²) in [4.78, 5) is 11.6. The topological polar surface area (TPSA) is 50.4 Å². The first-order chi connectivity index (χ1) is 9.49. The van der Waals surface area contributed by atoms with Crippen LogP contribution in [0.4, 0.5) is 0 Å². The van der Waals surface area contributed by atoms with Gasteiger partial charge in [0.2, 0.25) is 0 Å². The van der Waals surface area contributed by atoms with E-state index in [4.69, 9.17) is 4.74 Å². The van der Waals surface area contributed by atoms with Crippen molar-refractivity contribution in [3.8, 4) is 5.75 Å². The van der Waals surface area contributed by atoms with E-state index in [-0.39, 0.29) is 5.91 Å². The lowest BCUT2D eigenvalue weighted by atomic mass is 10.1. The molecule has 0 aliphatic heterocycles. The van der Waals surface area contributed by atoms with E-state index < -0.39 is 6.10 Å².